The first-order chi connectivity index (χ1) is 19.5. The number of aryl methyl sites for hydroxylation is 1. The van der Waals surface area contributed by atoms with Gasteiger partial charge in [0.25, 0.3) is 5.91 Å². The second-order valence-corrected chi connectivity index (χ2v) is 9.68. The molecule has 0 saturated carbocycles. The van der Waals surface area contributed by atoms with Gasteiger partial charge in [-0.15, -0.1) is 0 Å². The lowest BCUT2D eigenvalue weighted by molar-refractivity contribution is -0.124. The Labute approximate surface area is 243 Å². The maximum atomic E-state index is 11.9. The van der Waals surface area contributed by atoms with Crippen LogP contribution < -0.4 is 26.4 Å². The number of rotatable bonds is 16. The first-order valence-electron chi connectivity index (χ1n) is 13.7. The molecule has 12 nitrogen and oxygen atoms in total. The number of nitrogens with zero attached hydrogens (tertiary/aromatic N) is 4. The number of benzene rings is 1. The van der Waals surface area contributed by atoms with Crippen LogP contribution in [0.2, 0.25) is 0 Å². The summed E-state index contributed by atoms with van der Waals surface area (Å²) >= 11 is 0. The average molecular weight is 571 g/mol. The number of nitrogens with one attached hydrogen (secondary N) is 3. The second kappa shape index (κ2) is 19.0. The number of primary amides is 1. The summed E-state index contributed by atoms with van der Waals surface area (Å²) in [4.78, 5) is 46.0. The van der Waals surface area contributed by atoms with Gasteiger partial charge in [0.1, 0.15) is 11.6 Å². The predicted molar refractivity (Wildman–Crippen MR) is 164 cm³/mol. The number of nitrogens with two attached hydrogens (primary N) is 1. The summed E-state index contributed by atoms with van der Waals surface area (Å²) in [6.07, 6.45) is 5.45. The van der Waals surface area contributed by atoms with E-state index in [0.29, 0.717) is 55.4 Å². The Morgan fingerprint density at radius 2 is 1.85 bits per heavy atom. The third-order valence-electron chi connectivity index (χ3n) is 5.46. The molecule has 1 aromatic carbocycles. The van der Waals surface area contributed by atoms with Crippen LogP contribution in [0, 0.1) is 0 Å². The van der Waals surface area contributed by atoms with Crippen molar-refractivity contribution in [1.29, 1.82) is 0 Å². The molecule has 2 aromatic rings. The maximum absolute atomic E-state index is 11.9. The predicted octanol–water partition coefficient (Wildman–Crippen LogP) is 2.80. The van der Waals surface area contributed by atoms with E-state index in [4.69, 9.17) is 10.5 Å². The highest BCUT2D eigenvalue weighted by Gasteiger charge is 2.18. The Morgan fingerprint density at radius 3 is 2.44 bits per heavy atom. The SMILES string of the molecule is CCN(C)C(=O)/C=C/CN(C)C.CCc1nc(C(N)=O)c(Nc2cccc(OCCCNC=O)c2)nc1NC(C)C. The number of hydrogen-bond donors (Lipinski definition) is 4. The summed E-state index contributed by atoms with van der Waals surface area (Å²) in [5, 5.41) is 8.95. The molecule has 0 fully saturated rings. The van der Waals surface area contributed by atoms with Crippen molar-refractivity contribution in [2.75, 3.05) is 58.0 Å². The number of carbonyl (C=O) groups is 3. The minimum Gasteiger partial charge on any atom is -0.493 e. The minimum atomic E-state index is -0.652. The number of carbonyl (C=O) groups excluding carboxylic acids is 3. The van der Waals surface area contributed by atoms with Crippen molar-refractivity contribution >= 4 is 35.5 Å². The lowest BCUT2D eigenvalue weighted by atomic mass is 10.2. The van der Waals surface area contributed by atoms with Crippen LogP contribution in [0.25, 0.3) is 0 Å². The van der Waals surface area contributed by atoms with E-state index in [1.54, 1.807) is 24.1 Å². The van der Waals surface area contributed by atoms with E-state index in [1.165, 1.54) is 0 Å². The largest absolute Gasteiger partial charge is 0.493 e. The molecule has 3 amide bonds. The number of aromatic nitrogens is 2. The van der Waals surface area contributed by atoms with Crippen molar-refractivity contribution in [3.05, 3.63) is 47.8 Å². The molecule has 5 N–H and O–H groups in total. The third kappa shape index (κ3) is 13.6. The van der Waals surface area contributed by atoms with E-state index in [2.05, 4.69) is 25.9 Å². The van der Waals surface area contributed by atoms with Crippen LogP contribution in [-0.2, 0) is 16.0 Å². The van der Waals surface area contributed by atoms with E-state index in [0.717, 1.165) is 13.1 Å². The average Bonchev–Trinajstić information content (AvgIpc) is 2.92. The molecule has 0 saturated heterocycles. The summed E-state index contributed by atoms with van der Waals surface area (Å²) in [5.74, 6) is 0.968. The second-order valence-electron chi connectivity index (χ2n) is 9.68. The molecule has 0 radical (unpaired) electrons. The molecule has 0 bridgehead atoms. The van der Waals surface area contributed by atoms with E-state index in [9.17, 15) is 14.4 Å². The molecule has 2 rings (SSSR count). The fourth-order valence-corrected chi connectivity index (χ4v) is 3.24. The summed E-state index contributed by atoms with van der Waals surface area (Å²) in [7, 11) is 5.74. The quantitative estimate of drug-likeness (QED) is 0.135. The standard InChI is InChI=1S/C20H28N6O3.C9H18N2O/c1-4-16-19(23-13(2)3)26-20(17(25-16)18(21)28)24-14-7-5-8-15(11-14)29-10-6-9-22-12-27;1-5-11(4)9(12)7-6-8-10(2)3/h5,7-8,11-13H,4,6,9-10H2,1-3H3,(H2,21,28)(H,22,27)(H2,23,24,26);6-7H,5,8H2,1-4H3/b;7-6+. The summed E-state index contributed by atoms with van der Waals surface area (Å²) in [6.45, 7) is 10.5. The van der Waals surface area contributed by atoms with Crippen molar-refractivity contribution in [3.8, 4) is 5.75 Å². The topological polar surface area (TPSA) is 155 Å². The smallest absolute Gasteiger partial charge is 0.271 e. The van der Waals surface area contributed by atoms with Crippen LogP contribution in [0.3, 0.4) is 0 Å². The van der Waals surface area contributed by atoms with Crippen LogP contribution in [0.5, 0.6) is 5.75 Å². The molecular formula is C29H46N8O4. The number of likely N-dealkylation sites (N-methyl/N-ethyl adjacent to an activating group) is 2. The Kier molecular flexibility index (Phi) is 16.1. The Balaban J connectivity index is 0.000000590. The molecule has 226 valence electrons. The number of amides is 3. The normalized spacial score (nSPS) is 10.7. The van der Waals surface area contributed by atoms with Crippen LogP contribution in [0.4, 0.5) is 17.3 Å². The Morgan fingerprint density at radius 1 is 1.12 bits per heavy atom. The first-order valence-corrected chi connectivity index (χ1v) is 13.7. The fourth-order valence-electron chi connectivity index (χ4n) is 3.24. The zero-order chi connectivity index (χ0) is 30.8. The minimum absolute atomic E-state index is 0.0688. The monoisotopic (exact) mass is 570 g/mol. The van der Waals surface area contributed by atoms with Gasteiger partial charge in [-0.1, -0.05) is 19.1 Å². The van der Waals surface area contributed by atoms with Gasteiger partial charge >= 0.3 is 0 Å². The highest BCUT2D eigenvalue weighted by Crippen LogP contribution is 2.25. The fraction of sp³-hybridized carbons (Fsp3) is 0.483. The van der Waals surface area contributed by atoms with Gasteiger partial charge in [-0.3, -0.25) is 14.4 Å². The van der Waals surface area contributed by atoms with Gasteiger partial charge in [0, 0.05) is 50.6 Å². The van der Waals surface area contributed by atoms with Gasteiger partial charge in [0.05, 0.1) is 12.3 Å². The molecule has 41 heavy (non-hydrogen) atoms. The van der Waals surface area contributed by atoms with E-state index >= 15 is 0 Å². The van der Waals surface area contributed by atoms with Gasteiger partial charge in [-0.25, -0.2) is 9.97 Å². The van der Waals surface area contributed by atoms with Crippen LogP contribution in [0.1, 0.15) is 50.3 Å². The molecule has 0 aliphatic rings. The van der Waals surface area contributed by atoms with E-state index in [1.807, 2.05) is 71.0 Å². The highest BCUT2D eigenvalue weighted by molar-refractivity contribution is 5.96. The van der Waals surface area contributed by atoms with E-state index < -0.39 is 5.91 Å². The zero-order valence-corrected chi connectivity index (χ0v) is 25.4. The van der Waals surface area contributed by atoms with Crippen LogP contribution in [0.15, 0.2) is 36.4 Å². The van der Waals surface area contributed by atoms with Crippen molar-refractivity contribution in [2.24, 2.45) is 5.73 Å². The molecule has 12 heteroatoms. The molecule has 0 aliphatic carbocycles. The van der Waals surface area contributed by atoms with Gasteiger partial charge in [0.2, 0.25) is 12.3 Å². The molecule has 1 heterocycles. The maximum Gasteiger partial charge on any atom is 0.271 e. The zero-order valence-electron chi connectivity index (χ0n) is 25.4. The van der Waals surface area contributed by atoms with Crippen LogP contribution in [-0.4, -0.2) is 91.4 Å². The van der Waals surface area contributed by atoms with Crippen LogP contribution >= 0.6 is 0 Å². The van der Waals surface area contributed by atoms with Crippen molar-refractivity contribution in [3.63, 3.8) is 0 Å². The number of ether oxygens (including phenoxy) is 1. The van der Waals surface area contributed by atoms with Gasteiger partial charge in [0.15, 0.2) is 11.5 Å². The summed E-state index contributed by atoms with van der Waals surface area (Å²) in [5.41, 5.74) is 6.97. The molecule has 0 atom stereocenters. The third-order valence-corrected chi connectivity index (χ3v) is 5.46. The van der Waals surface area contributed by atoms with Crippen molar-refractivity contribution in [2.45, 2.75) is 46.6 Å². The number of anilines is 3. The molecular weight excluding hydrogens is 524 g/mol. The Bertz CT molecular complexity index is 1140. The highest BCUT2D eigenvalue weighted by atomic mass is 16.5. The first kappa shape index (κ1) is 34.8. The molecule has 0 spiro atoms. The van der Waals surface area contributed by atoms with Gasteiger partial charge in [-0.2, -0.15) is 0 Å². The van der Waals surface area contributed by atoms with Crippen molar-refractivity contribution in [1.82, 2.24) is 25.1 Å². The number of hydrogen-bond acceptors (Lipinski definition) is 9. The lowest BCUT2D eigenvalue weighted by Crippen LogP contribution is -2.24. The lowest BCUT2D eigenvalue weighted by Gasteiger charge is -2.17. The van der Waals surface area contributed by atoms with E-state index in [-0.39, 0.29) is 23.5 Å². The summed E-state index contributed by atoms with van der Waals surface area (Å²) < 4.78 is 5.69. The molecule has 0 unspecified atom stereocenters. The molecule has 0 aliphatic heterocycles. The Hall–Kier alpha value is -4.19. The van der Waals surface area contributed by atoms with Crippen molar-refractivity contribution < 1.29 is 19.1 Å². The van der Waals surface area contributed by atoms with Gasteiger partial charge < -0.3 is 36.2 Å². The summed E-state index contributed by atoms with van der Waals surface area (Å²) in [6, 6.07) is 7.43. The van der Waals surface area contributed by atoms with Gasteiger partial charge in [-0.05, 0) is 59.8 Å². The molecule has 1 aromatic heterocycles.